The van der Waals surface area contributed by atoms with Crippen molar-refractivity contribution in [2.24, 2.45) is 4.99 Å². The molecule has 3 nitrogen and oxygen atoms in total. The number of aryl methyl sites for hydroxylation is 2. The van der Waals surface area contributed by atoms with Gasteiger partial charge in [-0.3, -0.25) is 9.79 Å². The Labute approximate surface area is 160 Å². The SMILES string of the molecule is CCCCCCCCc1cc2c(s1)NC(=O)CN=C2c1cccc(C)c1. The third kappa shape index (κ3) is 4.82. The van der Waals surface area contributed by atoms with E-state index in [1.807, 2.05) is 0 Å². The number of anilines is 1. The summed E-state index contributed by atoms with van der Waals surface area (Å²) >= 11 is 1.71. The number of benzene rings is 1. The van der Waals surface area contributed by atoms with Gasteiger partial charge in [-0.25, -0.2) is 0 Å². The monoisotopic (exact) mass is 368 g/mol. The van der Waals surface area contributed by atoms with Crippen molar-refractivity contribution >= 4 is 28.0 Å². The number of carbonyl (C=O) groups excluding carboxylic acids is 1. The van der Waals surface area contributed by atoms with Gasteiger partial charge in [0.05, 0.1) is 5.71 Å². The Morgan fingerprint density at radius 1 is 1.12 bits per heavy atom. The summed E-state index contributed by atoms with van der Waals surface area (Å²) < 4.78 is 0. The number of nitrogens with zero attached hydrogens (tertiary/aromatic N) is 1. The van der Waals surface area contributed by atoms with Crippen LogP contribution in [0.5, 0.6) is 0 Å². The smallest absolute Gasteiger partial charge is 0.246 e. The zero-order chi connectivity index (χ0) is 18.4. The molecule has 1 amide bonds. The maximum Gasteiger partial charge on any atom is 0.246 e. The van der Waals surface area contributed by atoms with E-state index in [0.29, 0.717) is 0 Å². The first kappa shape index (κ1) is 18.8. The second-order valence-corrected chi connectivity index (χ2v) is 8.19. The molecule has 3 rings (SSSR count). The van der Waals surface area contributed by atoms with Crippen molar-refractivity contribution in [1.82, 2.24) is 0 Å². The minimum absolute atomic E-state index is 0.0260. The highest BCUT2D eigenvalue weighted by Crippen LogP contribution is 2.33. The van der Waals surface area contributed by atoms with Gasteiger partial charge in [0.25, 0.3) is 0 Å². The fraction of sp³-hybridized carbons (Fsp3) is 0.455. The van der Waals surface area contributed by atoms with E-state index in [1.54, 1.807) is 11.3 Å². The number of carbonyl (C=O) groups is 1. The summed E-state index contributed by atoms with van der Waals surface area (Å²) in [6, 6.07) is 10.6. The summed E-state index contributed by atoms with van der Waals surface area (Å²) in [7, 11) is 0. The third-order valence-electron chi connectivity index (χ3n) is 4.74. The van der Waals surface area contributed by atoms with Crippen LogP contribution in [0.2, 0.25) is 0 Å². The van der Waals surface area contributed by atoms with E-state index >= 15 is 0 Å². The zero-order valence-corrected chi connectivity index (χ0v) is 16.6. The minimum Gasteiger partial charge on any atom is -0.316 e. The molecule has 0 saturated carbocycles. The number of hydrogen-bond acceptors (Lipinski definition) is 3. The maximum atomic E-state index is 12.0. The third-order valence-corrected chi connectivity index (χ3v) is 5.85. The van der Waals surface area contributed by atoms with Crippen LogP contribution in [0.4, 0.5) is 5.00 Å². The molecule has 0 saturated heterocycles. The van der Waals surface area contributed by atoms with E-state index in [-0.39, 0.29) is 12.5 Å². The number of amides is 1. The average Bonchev–Trinajstić information content (AvgIpc) is 2.93. The highest BCUT2D eigenvalue weighted by molar-refractivity contribution is 7.16. The van der Waals surface area contributed by atoms with E-state index in [2.05, 4.69) is 54.5 Å². The Morgan fingerprint density at radius 2 is 1.92 bits per heavy atom. The Bertz CT molecular complexity index is 791. The standard InChI is InChI=1S/C22H28N2OS/c1-3-4-5-6-7-8-12-18-14-19-21(17-11-9-10-16(2)13-17)23-15-20(25)24-22(19)26-18/h9-11,13-14H,3-8,12,15H2,1-2H3,(H,24,25). The van der Waals surface area contributed by atoms with Crippen LogP contribution in [0.1, 0.15) is 67.0 Å². The van der Waals surface area contributed by atoms with Gasteiger partial charge in [-0.1, -0.05) is 62.8 Å². The lowest BCUT2D eigenvalue weighted by atomic mass is 10.0. The van der Waals surface area contributed by atoms with Crippen molar-refractivity contribution in [2.45, 2.75) is 58.8 Å². The van der Waals surface area contributed by atoms with Crippen LogP contribution >= 0.6 is 11.3 Å². The van der Waals surface area contributed by atoms with Crippen molar-refractivity contribution in [3.63, 3.8) is 0 Å². The summed E-state index contributed by atoms with van der Waals surface area (Å²) in [5.41, 5.74) is 4.31. The van der Waals surface area contributed by atoms with Gasteiger partial charge >= 0.3 is 0 Å². The fourth-order valence-electron chi connectivity index (χ4n) is 3.35. The Balaban J connectivity index is 1.75. The lowest BCUT2D eigenvalue weighted by Crippen LogP contribution is -2.12. The molecule has 0 unspecified atom stereocenters. The maximum absolute atomic E-state index is 12.0. The van der Waals surface area contributed by atoms with E-state index in [4.69, 9.17) is 0 Å². The van der Waals surface area contributed by atoms with Gasteiger partial charge in [0, 0.05) is 16.0 Å². The molecule has 26 heavy (non-hydrogen) atoms. The van der Waals surface area contributed by atoms with Gasteiger partial charge in [0.1, 0.15) is 11.5 Å². The molecule has 4 heteroatoms. The largest absolute Gasteiger partial charge is 0.316 e. The van der Waals surface area contributed by atoms with Crippen LogP contribution in [0.3, 0.4) is 0 Å². The van der Waals surface area contributed by atoms with Crippen LogP contribution in [0, 0.1) is 6.92 Å². The molecule has 1 aromatic carbocycles. The molecular formula is C22H28N2OS. The Hall–Kier alpha value is -1.94. The van der Waals surface area contributed by atoms with Crippen LogP contribution in [0.15, 0.2) is 35.3 Å². The van der Waals surface area contributed by atoms with Crippen molar-refractivity contribution in [3.8, 4) is 0 Å². The highest BCUT2D eigenvalue weighted by Gasteiger charge is 2.21. The van der Waals surface area contributed by atoms with Gasteiger partial charge < -0.3 is 5.32 Å². The number of thiophene rings is 1. The molecule has 1 aliphatic rings. The number of nitrogens with one attached hydrogen (secondary N) is 1. The normalized spacial score (nSPS) is 13.8. The molecule has 0 atom stereocenters. The number of aliphatic imine (C=N–C) groups is 1. The van der Waals surface area contributed by atoms with E-state index in [1.165, 1.54) is 49.0 Å². The molecule has 0 spiro atoms. The second-order valence-electron chi connectivity index (χ2n) is 7.06. The number of rotatable bonds is 8. The van der Waals surface area contributed by atoms with Crippen molar-refractivity contribution < 1.29 is 4.79 Å². The highest BCUT2D eigenvalue weighted by atomic mass is 32.1. The first-order valence-corrected chi connectivity index (χ1v) is 10.5. The van der Waals surface area contributed by atoms with Crippen LogP contribution in [-0.2, 0) is 11.2 Å². The van der Waals surface area contributed by atoms with E-state index < -0.39 is 0 Å². The van der Waals surface area contributed by atoms with Crippen molar-refractivity contribution in [1.29, 1.82) is 0 Å². The molecule has 0 bridgehead atoms. The Morgan fingerprint density at radius 3 is 2.73 bits per heavy atom. The topological polar surface area (TPSA) is 41.5 Å². The zero-order valence-electron chi connectivity index (χ0n) is 15.8. The Kier molecular flexibility index (Phi) is 6.62. The molecular weight excluding hydrogens is 340 g/mol. The molecule has 2 heterocycles. The van der Waals surface area contributed by atoms with Crippen molar-refractivity contribution in [3.05, 3.63) is 51.9 Å². The van der Waals surface area contributed by atoms with Gasteiger partial charge in [-0.05, 0) is 31.9 Å². The summed E-state index contributed by atoms with van der Waals surface area (Å²) in [5, 5.41) is 3.99. The van der Waals surface area contributed by atoms with Crippen LogP contribution in [-0.4, -0.2) is 18.2 Å². The lowest BCUT2D eigenvalue weighted by molar-refractivity contribution is -0.114. The number of fused-ring (bicyclic) bond motifs is 1. The van der Waals surface area contributed by atoms with E-state index in [9.17, 15) is 4.79 Å². The first-order chi connectivity index (χ1) is 12.7. The average molecular weight is 369 g/mol. The summed E-state index contributed by atoms with van der Waals surface area (Å²) in [4.78, 5) is 18.0. The number of unbranched alkanes of at least 4 members (excludes halogenated alkanes) is 5. The number of hydrogen-bond donors (Lipinski definition) is 1. The van der Waals surface area contributed by atoms with Gasteiger partial charge in [0.2, 0.25) is 5.91 Å². The molecule has 1 N–H and O–H groups in total. The molecule has 1 aliphatic heterocycles. The second kappa shape index (κ2) is 9.13. The van der Waals surface area contributed by atoms with Crippen LogP contribution in [0.25, 0.3) is 0 Å². The molecule has 0 aliphatic carbocycles. The molecule has 0 radical (unpaired) electrons. The molecule has 0 fully saturated rings. The van der Waals surface area contributed by atoms with Crippen LogP contribution < -0.4 is 5.32 Å². The van der Waals surface area contributed by atoms with Gasteiger partial charge in [0.15, 0.2) is 0 Å². The first-order valence-electron chi connectivity index (χ1n) is 9.72. The predicted molar refractivity (Wildman–Crippen MR) is 112 cm³/mol. The summed E-state index contributed by atoms with van der Waals surface area (Å²) in [5.74, 6) is -0.0260. The molecule has 1 aromatic heterocycles. The van der Waals surface area contributed by atoms with Crippen molar-refractivity contribution in [2.75, 3.05) is 11.9 Å². The quantitative estimate of drug-likeness (QED) is 0.592. The van der Waals surface area contributed by atoms with E-state index in [0.717, 1.165) is 28.3 Å². The molecule has 2 aromatic rings. The molecule has 138 valence electrons. The summed E-state index contributed by atoms with van der Waals surface area (Å²) in [6.07, 6.45) is 8.89. The van der Waals surface area contributed by atoms with Gasteiger partial charge in [-0.2, -0.15) is 0 Å². The van der Waals surface area contributed by atoms with Gasteiger partial charge in [-0.15, -0.1) is 11.3 Å². The predicted octanol–water partition coefficient (Wildman–Crippen LogP) is 5.75. The minimum atomic E-state index is -0.0260. The fourth-order valence-corrected chi connectivity index (χ4v) is 4.47. The lowest BCUT2D eigenvalue weighted by Gasteiger charge is -2.06. The summed E-state index contributed by atoms with van der Waals surface area (Å²) in [6.45, 7) is 4.53.